The molecule has 1 aromatic rings. The zero-order chi connectivity index (χ0) is 23.4. The minimum Gasteiger partial charge on any atom is -0.497 e. The van der Waals surface area contributed by atoms with Crippen LogP contribution in [0.2, 0.25) is 0 Å². The van der Waals surface area contributed by atoms with Crippen molar-refractivity contribution in [2.75, 3.05) is 7.11 Å². The van der Waals surface area contributed by atoms with Gasteiger partial charge in [0.2, 0.25) is 0 Å². The Balaban J connectivity index is 1.27. The summed E-state index contributed by atoms with van der Waals surface area (Å²) >= 11 is 0. The van der Waals surface area contributed by atoms with Gasteiger partial charge in [0.25, 0.3) is 0 Å². The standard InChI is InChI=1S/C29H45NO3/c1-18(30-27(31)19-6-5-7-21(16-19)33-4)25-10-11-26-24-9-8-20-17-28(2,32)14-12-22(20)23(24)13-15-29(25,26)3/h5-7,16,18,20,22-27,30-32H,8-15,17H2,1-4H3/t18-,20-,22+,23-,24-,25-,26+,27?,28-,29-/m1/s1. The molecule has 0 aromatic heterocycles. The van der Waals surface area contributed by atoms with Crippen LogP contribution in [0.5, 0.6) is 5.75 Å². The van der Waals surface area contributed by atoms with Crippen LogP contribution in [0.25, 0.3) is 0 Å². The van der Waals surface area contributed by atoms with E-state index in [9.17, 15) is 10.2 Å². The first kappa shape index (κ1) is 23.6. The summed E-state index contributed by atoms with van der Waals surface area (Å²) in [6.07, 6.45) is 10.6. The van der Waals surface area contributed by atoms with Crippen LogP contribution in [0, 0.1) is 40.9 Å². The molecule has 4 aliphatic carbocycles. The smallest absolute Gasteiger partial charge is 0.131 e. The van der Waals surface area contributed by atoms with Crippen molar-refractivity contribution in [2.24, 2.45) is 40.9 Å². The quantitative estimate of drug-likeness (QED) is 0.500. The summed E-state index contributed by atoms with van der Waals surface area (Å²) in [6, 6.07) is 8.03. The van der Waals surface area contributed by atoms with E-state index in [2.05, 4.69) is 26.1 Å². The van der Waals surface area contributed by atoms with Gasteiger partial charge in [0.05, 0.1) is 12.7 Å². The first-order valence-corrected chi connectivity index (χ1v) is 13.5. The molecule has 4 fully saturated rings. The second kappa shape index (κ2) is 8.84. The second-order valence-electron chi connectivity index (χ2n) is 12.5. The van der Waals surface area contributed by atoms with E-state index >= 15 is 0 Å². The molecule has 0 amide bonds. The number of methoxy groups -OCH3 is 1. The lowest BCUT2D eigenvalue weighted by Crippen LogP contribution is -2.52. The average Bonchev–Trinajstić information content (AvgIpc) is 3.15. The van der Waals surface area contributed by atoms with E-state index in [4.69, 9.17) is 4.74 Å². The van der Waals surface area contributed by atoms with Crippen LogP contribution in [-0.4, -0.2) is 29.0 Å². The lowest BCUT2D eigenvalue weighted by atomic mass is 9.49. The summed E-state index contributed by atoms with van der Waals surface area (Å²) in [5.41, 5.74) is 0.811. The number of hydrogen-bond acceptors (Lipinski definition) is 4. The summed E-state index contributed by atoms with van der Waals surface area (Å²) in [7, 11) is 1.67. The van der Waals surface area contributed by atoms with Gasteiger partial charge in [-0.2, -0.15) is 0 Å². The number of rotatable bonds is 5. The van der Waals surface area contributed by atoms with Gasteiger partial charge >= 0.3 is 0 Å². The van der Waals surface area contributed by atoms with E-state index in [-0.39, 0.29) is 6.04 Å². The van der Waals surface area contributed by atoms with Crippen LogP contribution in [-0.2, 0) is 0 Å². The molecular formula is C29H45NO3. The first-order valence-electron chi connectivity index (χ1n) is 13.5. The van der Waals surface area contributed by atoms with Gasteiger partial charge in [-0.25, -0.2) is 0 Å². The maximum atomic E-state index is 10.9. The Morgan fingerprint density at radius 1 is 1.00 bits per heavy atom. The Kier molecular flexibility index (Phi) is 6.33. The third kappa shape index (κ3) is 4.25. The molecule has 4 aliphatic rings. The fourth-order valence-electron chi connectivity index (χ4n) is 9.22. The van der Waals surface area contributed by atoms with Crippen molar-refractivity contribution in [2.45, 2.75) is 96.4 Å². The summed E-state index contributed by atoms with van der Waals surface area (Å²) in [5.74, 6) is 5.55. The minimum absolute atomic E-state index is 0.277. The molecular weight excluding hydrogens is 410 g/mol. The topological polar surface area (TPSA) is 61.7 Å². The molecule has 184 valence electrons. The molecule has 0 aliphatic heterocycles. The van der Waals surface area contributed by atoms with E-state index < -0.39 is 11.8 Å². The Labute approximate surface area is 200 Å². The normalized spacial score (nSPS) is 44.3. The van der Waals surface area contributed by atoms with Crippen LogP contribution >= 0.6 is 0 Å². The first-order chi connectivity index (χ1) is 15.7. The van der Waals surface area contributed by atoms with Crippen LogP contribution in [0.4, 0.5) is 0 Å². The van der Waals surface area contributed by atoms with Gasteiger partial charge in [-0.15, -0.1) is 0 Å². The highest BCUT2D eigenvalue weighted by atomic mass is 16.5. The number of fused-ring (bicyclic) bond motifs is 5. The molecule has 1 unspecified atom stereocenters. The third-order valence-electron chi connectivity index (χ3n) is 10.7. The maximum Gasteiger partial charge on any atom is 0.131 e. The highest BCUT2D eigenvalue weighted by molar-refractivity contribution is 5.29. The molecule has 0 bridgehead atoms. The van der Waals surface area contributed by atoms with E-state index in [1.807, 2.05) is 24.3 Å². The summed E-state index contributed by atoms with van der Waals surface area (Å²) in [5, 5.41) is 25.1. The molecule has 3 N–H and O–H groups in total. The summed E-state index contributed by atoms with van der Waals surface area (Å²) in [6.45, 7) is 6.91. The van der Waals surface area contributed by atoms with Gasteiger partial charge in [-0.1, -0.05) is 19.1 Å². The van der Waals surface area contributed by atoms with Crippen LogP contribution in [0.15, 0.2) is 24.3 Å². The molecule has 5 rings (SSSR count). The number of benzene rings is 1. The SMILES string of the molecule is COc1cccc(C(O)N[C@H](C)[C@H]2CC[C@H]3[C@@H]4CC[C@@H]5C[C@](C)(O)CC[C@@H]5[C@H]4CC[C@]23C)c1. The lowest BCUT2D eigenvalue weighted by molar-refractivity contribution is -0.102. The van der Waals surface area contributed by atoms with Gasteiger partial charge in [-0.05, 0) is 130 Å². The molecule has 0 saturated heterocycles. The summed E-state index contributed by atoms with van der Waals surface area (Å²) < 4.78 is 5.34. The monoisotopic (exact) mass is 455 g/mol. The van der Waals surface area contributed by atoms with E-state index in [1.54, 1.807) is 7.11 Å². The van der Waals surface area contributed by atoms with Crippen molar-refractivity contribution in [3.05, 3.63) is 29.8 Å². The van der Waals surface area contributed by atoms with Gasteiger partial charge in [0, 0.05) is 6.04 Å². The number of aliphatic hydroxyl groups is 2. The molecule has 0 heterocycles. The van der Waals surface area contributed by atoms with Gasteiger partial charge in [0.15, 0.2) is 0 Å². The fraction of sp³-hybridized carbons (Fsp3) is 0.793. The molecule has 0 spiro atoms. The van der Waals surface area contributed by atoms with Crippen molar-refractivity contribution < 1.29 is 14.9 Å². The van der Waals surface area contributed by atoms with Crippen molar-refractivity contribution >= 4 is 0 Å². The van der Waals surface area contributed by atoms with Crippen molar-refractivity contribution in [3.8, 4) is 5.75 Å². The molecule has 0 radical (unpaired) electrons. The highest BCUT2D eigenvalue weighted by Gasteiger charge is 2.58. The number of nitrogens with one attached hydrogen (secondary N) is 1. The molecule has 10 atom stereocenters. The number of hydrogen-bond donors (Lipinski definition) is 3. The zero-order valence-electron chi connectivity index (χ0n) is 21.1. The van der Waals surface area contributed by atoms with Crippen LogP contribution < -0.4 is 10.1 Å². The van der Waals surface area contributed by atoms with E-state index in [0.717, 1.165) is 53.7 Å². The molecule has 4 heteroatoms. The third-order valence-corrected chi connectivity index (χ3v) is 10.7. The number of ether oxygens (including phenoxy) is 1. The highest BCUT2D eigenvalue weighted by Crippen LogP contribution is 2.65. The van der Waals surface area contributed by atoms with Crippen molar-refractivity contribution in [1.82, 2.24) is 5.32 Å². The predicted molar refractivity (Wildman–Crippen MR) is 132 cm³/mol. The van der Waals surface area contributed by atoms with E-state index in [1.165, 1.54) is 44.9 Å². The molecule has 33 heavy (non-hydrogen) atoms. The molecule has 4 nitrogen and oxygen atoms in total. The Morgan fingerprint density at radius 2 is 1.79 bits per heavy atom. The molecule has 1 aromatic carbocycles. The van der Waals surface area contributed by atoms with Gasteiger partial charge in [-0.3, -0.25) is 5.32 Å². The van der Waals surface area contributed by atoms with Crippen LogP contribution in [0.1, 0.15) is 90.3 Å². The average molecular weight is 456 g/mol. The van der Waals surface area contributed by atoms with Gasteiger partial charge in [0.1, 0.15) is 12.0 Å². The largest absolute Gasteiger partial charge is 0.497 e. The zero-order valence-corrected chi connectivity index (χ0v) is 21.1. The Bertz CT molecular complexity index is 840. The Morgan fingerprint density at radius 3 is 2.58 bits per heavy atom. The maximum absolute atomic E-state index is 10.9. The Hall–Kier alpha value is -1.10. The number of aliphatic hydroxyl groups excluding tert-OH is 1. The van der Waals surface area contributed by atoms with E-state index in [0.29, 0.717) is 11.3 Å². The fourth-order valence-corrected chi connectivity index (χ4v) is 9.22. The van der Waals surface area contributed by atoms with Crippen molar-refractivity contribution in [3.63, 3.8) is 0 Å². The molecule has 4 saturated carbocycles. The summed E-state index contributed by atoms with van der Waals surface area (Å²) in [4.78, 5) is 0. The minimum atomic E-state index is -0.667. The lowest BCUT2D eigenvalue weighted by Gasteiger charge is -2.57. The van der Waals surface area contributed by atoms with Gasteiger partial charge < -0.3 is 14.9 Å². The van der Waals surface area contributed by atoms with Crippen LogP contribution in [0.3, 0.4) is 0 Å². The van der Waals surface area contributed by atoms with Crippen molar-refractivity contribution in [1.29, 1.82) is 0 Å². The predicted octanol–water partition coefficient (Wildman–Crippen LogP) is 5.68. The second-order valence-corrected chi connectivity index (χ2v) is 12.5.